The van der Waals surface area contributed by atoms with Crippen molar-refractivity contribution in [1.29, 1.82) is 0 Å². The van der Waals surface area contributed by atoms with Gasteiger partial charge in [-0.15, -0.1) is 0 Å². The van der Waals surface area contributed by atoms with Gasteiger partial charge in [0.05, 0.1) is 11.3 Å². The average Bonchev–Trinajstić information content (AvgIpc) is 2.97. The molecule has 102 valence electrons. The molecule has 0 bridgehead atoms. The normalized spacial score (nSPS) is 10.9. The molecule has 0 spiro atoms. The van der Waals surface area contributed by atoms with Crippen molar-refractivity contribution in [2.75, 3.05) is 5.73 Å². The molecule has 0 atom stereocenters. The number of aryl methyl sites for hydroxylation is 3. The lowest BCUT2D eigenvalue weighted by Gasteiger charge is -2.00. The molecule has 0 amide bonds. The molecule has 6 nitrogen and oxygen atoms in total. The summed E-state index contributed by atoms with van der Waals surface area (Å²) in [6, 6.07) is 2.03. The Balaban J connectivity index is 2.07. The van der Waals surface area contributed by atoms with Crippen molar-refractivity contribution in [3.8, 4) is 23.0 Å². The van der Waals surface area contributed by atoms with E-state index in [2.05, 4.69) is 19.5 Å². The number of nitrogens with two attached hydrogens (primary N) is 1. The highest BCUT2D eigenvalue weighted by Crippen LogP contribution is 2.32. The third-order valence-corrected chi connectivity index (χ3v) is 3.72. The van der Waals surface area contributed by atoms with E-state index >= 15 is 0 Å². The number of nitrogen functional groups attached to an aromatic ring is 1. The lowest BCUT2D eigenvalue weighted by molar-refractivity contribution is 0.432. The molecule has 3 aromatic heterocycles. The van der Waals surface area contributed by atoms with Gasteiger partial charge in [0.25, 0.3) is 5.89 Å². The van der Waals surface area contributed by atoms with E-state index in [1.807, 2.05) is 26.8 Å². The molecule has 3 heterocycles. The highest BCUT2D eigenvalue weighted by Gasteiger charge is 2.19. The number of rotatable bonds is 2. The third-order valence-electron chi connectivity index (χ3n) is 2.96. The Hall–Kier alpha value is -2.28. The van der Waals surface area contributed by atoms with E-state index in [1.165, 1.54) is 11.5 Å². The molecular formula is C13H13N5OS. The van der Waals surface area contributed by atoms with Crippen LogP contribution in [0.5, 0.6) is 0 Å². The lowest BCUT2D eigenvalue weighted by atomic mass is 10.1. The maximum Gasteiger partial charge on any atom is 0.263 e. The van der Waals surface area contributed by atoms with Gasteiger partial charge in [0.1, 0.15) is 10.7 Å². The molecule has 0 saturated carbocycles. The molecule has 7 heteroatoms. The van der Waals surface area contributed by atoms with Gasteiger partial charge in [-0.1, -0.05) is 11.2 Å². The Labute approximate surface area is 119 Å². The maximum atomic E-state index is 5.88. The van der Waals surface area contributed by atoms with Crippen molar-refractivity contribution in [1.82, 2.24) is 19.5 Å². The summed E-state index contributed by atoms with van der Waals surface area (Å²) in [4.78, 5) is 8.74. The molecular weight excluding hydrogens is 274 g/mol. The number of aromatic nitrogens is 4. The van der Waals surface area contributed by atoms with Crippen LogP contribution >= 0.6 is 11.5 Å². The van der Waals surface area contributed by atoms with Gasteiger partial charge in [-0.05, 0) is 43.4 Å². The maximum absolute atomic E-state index is 5.88. The average molecular weight is 287 g/mol. The Morgan fingerprint density at radius 3 is 2.70 bits per heavy atom. The largest absolute Gasteiger partial charge is 0.389 e. The van der Waals surface area contributed by atoms with E-state index in [0.29, 0.717) is 28.0 Å². The first-order valence-corrected chi connectivity index (χ1v) is 6.83. The van der Waals surface area contributed by atoms with Gasteiger partial charge in [0, 0.05) is 6.20 Å². The molecule has 0 radical (unpaired) electrons. The Bertz CT molecular complexity index is 757. The second-order valence-electron chi connectivity index (χ2n) is 4.61. The summed E-state index contributed by atoms with van der Waals surface area (Å²) in [5, 5.41) is 4.56. The van der Waals surface area contributed by atoms with E-state index in [1.54, 1.807) is 6.20 Å². The first-order chi connectivity index (χ1) is 9.56. The van der Waals surface area contributed by atoms with Crippen LogP contribution in [0, 0.1) is 20.8 Å². The van der Waals surface area contributed by atoms with Gasteiger partial charge in [-0.3, -0.25) is 4.98 Å². The van der Waals surface area contributed by atoms with Crippen LogP contribution in [0.25, 0.3) is 23.0 Å². The predicted octanol–water partition coefficient (Wildman–Crippen LogP) is 2.76. The van der Waals surface area contributed by atoms with Gasteiger partial charge in [-0.2, -0.15) is 9.36 Å². The monoisotopic (exact) mass is 287 g/mol. The van der Waals surface area contributed by atoms with E-state index < -0.39 is 0 Å². The highest BCUT2D eigenvalue weighted by molar-refractivity contribution is 7.10. The van der Waals surface area contributed by atoms with Crippen LogP contribution in [0.1, 0.15) is 16.8 Å². The van der Waals surface area contributed by atoms with Crippen LogP contribution in [0.4, 0.5) is 5.00 Å². The minimum Gasteiger partial charge on any atom is -0.389 e. The summed E-state index contributed by atoms with van der Waals surface area (Å²) in [5.41, 5.74) is 10.2. The first kappa shape index (κ1) is 12.7. The van der Waals surface area contributed by atoms with E-state index in [4.69, 9.17) is 10.3 Å². The fraction of sp³-hybridized carbons (Fsp3) is 0.231. The van der Waals surface area contributed by atoms with Gasteiger partial charge in [0.2, 0.25) is 5.82 Å². The number of nitrogens with zero attached hydrogens (tertiary/aromatic N) is 4. The minimum absolute atomic E-state index is 0.380. The molecule has 0 unspecified atom stereocenters. The molecule has 0 fully saturated rings. The van der Waals surface area contributed by atoms with Gasteiger partial charge in [0.15, 0.2) is 0 Å². The molecule has 0 aromatic carbocycles. The molecule has 2 N–H and O–H groups in total. The SMILES string of the molecule is Cc1cnc(-c2noc(-c3c(C)nsc3N)n2)c(C)c1. The van der Waals surface area contributed by atoms with Crippen molar-refractivity contribution in [3.05, 3.63) is 29.1 Å². The Morgan fingerprint density at radius 1 is 1.25 bits per heavy atom. The van der Waals surface area contributed by atoms with E-state index in [9.17, 15) is 0 Å². The van der Waals surface area contributed by atoms with Gasteiger partial charge in [-0.25, -0.2) is 0 Å². The second-order valence-corrected chi connectivity index (χ2v) is 5.41. The molecule has 0 aliphatic carbocycles. The second kappa shape index (κ2) is 4.68. The summed E-state index contributed by atoms with van der Waals surface area (Å²) < 4.78 is 9.47. The van der Waals surface area contributed by atoms with Crippen molar-refractivity contribution < 1.29 is 4.52 Å². The van der Waals surface area contributed by atoms with Crippen LogP contribution in [-0.4, -0.2) is 19.5 Å². The smallest absolute Gasteiger partial charge is 0.263 e. The third kappa shape index (κ3) is 2.05. The minimum atomic E-state index is 0.380. The van der Waals surface area contributed by atoms with Crippen molar-refractivity contribution >= 4 is 16.5 Å². The van der Waals surface area contributed by atoms with E-state index in [0.717, 1.165) is 16.8 Å². The molecule has 0 saturated heterocycles. The zero-order chi connectivity index (χ0) is 14.3. The van der Waals surface area contributed by atoms with Crippen molar-refractivity contribution in [2.45, 2.75) is 20.8 Å². The predicted molar refractivity (Wildman–Crippen MR) is 77.3 cm³/mol. The zero-order valence-corrected chi connectivity index (χ0v) is 12.2. The summed E-state index contributed by atoms with van der Waals surface area (Å²) in [7, 11) is 0. The van der Waals surface area contributed by atoms with Crippen molar-refractivity contribution in [2.24, 2.45) is 0 Å². The Morgan fingerprint density at radius 2 is 2.05 bits per heavy atom. The van der Waals surface area contributed by atoms with Crippen molar-refractivity contribution in [3.63, 3.8) is 0 Å². The molecule has 0 aliphatic heterocycles. The molecule has 3 aromatic rings. The number of anilines is 1. The number of hydrogen-bond donors (Lipinski definition) is 1. The fourth-order valence-electron chi connectivity index (χ4n) is 2.02. The van der Waals surface area contributed by atoms with Crippen LogP contribution in [0.15, 0.2) is 16.8 Å². The highest BCUT2D eigenvalue weighted by atomic mass is 32.1. The van der Waals surface area contributed by atoms with Gasteiger partial charge >= 0.3 is 0 Å². The van der Waals surface area contributed by atoms with Crippen LogP contribution in [-0.2, 0) is 0 Å². The van der Waals surface area contributed by atoms with E-state index in [-0.39, 0.29) is 0 Å². The standard InChI is InChI=1S/C13H13N5OS/c1-6-4-7(2)10(15-5-6)12-16-13(19-17-12)9-8(3)18-20-11(9)14/h4-5H,14H2,1-3H3. The molecule has 20 heavy (non-hydrogen) atoms. The molecule has 3 rings (SSSR count). The van der Waals surface area contributed by atoms with Crippen LogP contribution < -0.4 is 5.73 Å². The summed E-state index contributed by atoms with van der Waals surface area (Å²) in [6.45, 7) is 5.82. The van der Waals surface area contributed by atoms with Gasteiger partial charge < -0.3 is 10.3 Å². The van der Waals surface area contributed by atoms with Crippen LogP contribution in [0.2, 0.25) is 0 Å². The number of pyridine rings is 1. The quantitative estimate of drug-likeness (QED) is 0.779. The summed E-state index contributed by atoms with van der Waals surface area (Å²) >= 11 is 1.22. The topological polar surface area (TPSA) is 90.7 Å². The number of hydrogen-bond acceptors (Lipinski definition) is 7. The first-order valence-electron chi connectivity index (χ1n) is 6.05. The summed E-state index contributed by atoms with van der Waals surface area (Å²) in [5.74, 6) is 0.841. The molecule has 0 aliphatic rings. The fourth-order valence-corrected chi connectivity index (χ4v) is 2.67. The van der Waals surface area contributed by atoms with Crippen LogP contribution in [0.3, 0.4) is 0 Å². The lowest BCUT2D eigenvalue weighted by Crippen LogP contribution is -1.91. The Kier molecular flexibility index (Phi) is 2.98. The zero-order valence-electron chi connectivity index (χ0n) is 11.3. The summed E-state index contributed by atoms with van der Waals surface area (Å²) in [6.07, 6.45) is 1.78.